The summed E-state index contributed by atoms with van der Waals surface area (Å²) in [5.74, 6) is 1.08. The largest absolute Gasteiger partial charge is 0.497 e. The summed E-state index contributed by atoms with van der Waals surface area (Å²) in [4.78, 5) is 11.8. The van der Waals surface area contributed by atoms with Gasteiger partial charge in [-0.25, -0.2) is 0 Å². The van der Waals surface area contributed by atoms with E-state index < -0.39 is 0 Å². The Morgan fingerprint density at radius 2 is 1.73 bits per heavy atom. The Labute approximate surface area is 91.3 Å². The van der Waals surface area contributed by atoms with Crippen LogP contribution in [0.1, 0.15) is 26.3 Å². The molecule has 82 valence electrons. The van der Waals surface area contributed by atoms with Crippen LogP contribution in [-0.4, -0.2) is 12.9 Å². The molecule has 0 aliphatic heterocycles. The van der Waals surface area contributed by atoms with Crippen LogP contribution in [0.5, 0.6) is 5.75 Å². The molecule has 0 spiro atoms. The van der Waals surface area contributed by atoms with E-state index in [0.717, 1.165) is 11.3 Å². The van der Waals surface area contributed by atoms with Crippen molar-refractivity contribution in [2.45, 2.75) is 27.2 Å². The lowest BCUT2D eigenvalue weighted by Crippen LogP contribution is -2.21. The normalized spacial score (nSPS) is 11.2. The van der Waals surface area contributed by atoms with Gasteiger partial charge in [-0.15, -0.1) is 0 Å². The summed E-state index contributed by atoms with van der Waals surface area (Å²) in [7, 11) is 1.63. The van der Waals surface area contributed by atoms with Crippen molar-refractivity contribution in [3.8, 4) is 5.75 Å². The van der Waals surface area contributed by atoms with Crippen LogP contribution in [0.2, 0.25) is 0 Å². The van der Waals surface area contributed by atoms with Gasteiger partial charge in [-0.1, -0.05) is 32.9 Å². The first-order valence-electron chi connectivity index (χ1n) is 5.09. The summed E-state index contributed by atoms with van der Waals surface area (Å²) in [6, 6.07) is 7.63. The van der Waals surface area contributed by atoms with Crippen molar-refractivity contribution < 1.29 is 9.53 Å². The first-order valence-corrected chi connectivity index (χ1v) is 5.09. The van der Waals surface area contributed by atoms with Gasteiger partial charge < -0.3 is 4.74 Å². The number of hydrogen-bond acceptors (Lipinski definition) is 2. The molecule has 15 heavy (non-hydrogen) atoms. The molecule has 1 aromatic rings. The maximum absolute atomic E-state index is 11.8. The Morgan fingerprint density at radius 1 is 1.20 bits per heavy atom. The number of ketones is 1. The molecule has 0 aliphatic rings. The molecule has 0 fully saturated rings. The van der Waals surface area contributed by atoms with Crippen LogP contribution in [0.15, 0.2) is 24.3 Å². The molecule has 0 N–H and O–H groups in total. The number of carbonyl (C=O) groups is 1. The lowest BCUT2D eigenvalue weighted by Gasteiger charge is -2.16. The second-order valence-corrected chi connectivity index (χ2v) is 4.70. The van der Waals surface area contributed by atoms with E-state index >= 15 is 0 Å². The average molecular weight is 206 g/mol. The van der Waals surface area contributed by atoms with Crippen molar-refractivity contribution in [1.29, 1.82) is 0 Å². The molecule has 0 saturated heterocycles. The topological polar surface area (TPSA) is 26.3 Å². The lowest BCUT2D eigenvalue weighted by atomic mass is 9.87. The third kappa shape index (κ3) is 3.39. The van der Waals surface area contributed by atoms with Crippen molar-refractivity contribution in [1.82, 2.24) is 0 Å². The molecule has 1 rings (SSSR count). The Balaban J connectivity index is 2.70. The molecule has 2 nitrogen and oxygen atoms in total. The van der Waals surface area contributed by atoms with E-state index in [1.807, 2.05) is 45.0 Å². The van der Waals surface area contributed by atoms with Gasteiger partial charge in [0.1, 0.15) is 11.5 Å². The summed E-state index contributed by atoms with van der Waals surface area (Å²) < 4.78 is 5.06. The predicted molar refractivity (Wildman–Crippen MR) is 61.2 cm³/mol. The molecule has 0 aromatic heterocycles. The molecular weight excluding hydrogens is 188 g/mol. The number of rotatable bonds is 3. The van der Waals surface area contributed by atoms with Crippen molar-refractivity contribution >= 4 is 5.78 Å². The molecule has 0 atom stereocenters. The summed E-state index contributed by atoms with van der Waals surface area (Å²) in [6.45, 7) is 5.83. The fourth-order valence-corrected chi connectivity index (χ4v) is 1.19. The van der Waals surface area contributed by atoms with Crippen LogP contribution in [0.4, 0.5) is 0 Å². The van der Waals surface area contributed by atoms with Gasteiger partial charge in [0.15, 0.2) is 0 Å². The van der Waals surface area contributed by atoms with Gasteiger partial charge in [-0.3, -0.25) is 4.79 Å². The predicted octanol–water partition coefficient (Wildman–Crippen LogP) is 2.85. The second-order valence-electron chi connectivity index (χ2n) is 4.70. The van der Waals surface area contributed by atoms with Crippen LogP contribution in [0.25, 0.3) is 0 Å². The van der Waals surface area contributed by atoms with E-state index in [1.54, 1.807) is 7.11 Å². The third-order valence-electron chi connectivity index (χ3n) is 2.36. The van der Waals surface area contributed by atoms with E-state index in [0.29, 0.717) is 6.42 Å². The quantitative estimate of drug-likeness (QED) is 0.760. The number of benzene rings is 1. The van der Waals surface area contributed by atoms with Crippen LogP contribution >= 0.6 is 0 Å². The zero-order valence-corrected chi connectivity index (χ0v) is 9.83. The lowest BCUT2D eigenvalue weighted by molar-refractivity contribution is -0.125. The van der Waals surface area contributed by atoms with E-state index in [1.165, 1.54) is 0 Å². The minimum Gasteiger partial charge on any atom is -0.497 e. The third-order valence-corrected chi connectivity index (χ3v) is 2.36. The second kappa shape index (κ2) is 4.47. The Kier molecular flexibility index (Phi) is 3.51. The molecule has 0 saturated carbocycles. The Hall–Kier alpha value is -1.31. The van der Waals surface area contributed by atoms with E-state index in [4.69, 9.17) is 4.74 Å². The van der Waals surface area contributed by atoms with Crippen molar-refractivity contribution in [2.24, 2.45) is 5.41 Å². The number of hydrogen-bond donors (Lipinski definition) is 0. The minimum absolute atomic E-state index is 0.257. The smallest absolute Gasteiger partial charge is 0.142 e. The van der Waals surface area contributed by atoms with Crippen LogP contribution < -0.4 is 4.74 Å². The number of ether oxygens (including phenoxy) is 1. The van der Waals surface area contributed by atoms with Gasteiger partial charge in [0.05, 0.1) is 7.11 Å². The van der Waals surface area contributed by atoms with E-state index in [9.17, 15) is 4.79 Å². The van der Waals surface area contributed by atoms with Crippen LogP contribution in [0.3, 0.4) is 0 Å². The van der Waals surface area contributed by atoms with Gasteiger partial charge >= 0.3 is 0 Å². The summed E-state index contributed by atoms with van der Waals surface area (Å²) in [5.41, 5.74) is 0.774. The van der Waals surface area contributed by atoms with E-state index in [-0.39, 0.29) is 11.2 Å². The zero-order valence-electron chi connectivity index (χ0n) is 9.83. The summed E-state index contributed by atoms with van der Waals surface area (Å²) in [5, 5.41) is 0. The first-order chi connectivity index (χ1) is 6.93. The molecule has 0 bridgehead atoms. The molecule has 0 amide bonds. The maximum Gasteiger partial charge on any atom is 0.142 e. The van der Waals surface area contributed by atoms with Crippen molar-refractivity contribution in [3.05, 3.63) is 29.8 Å². The SMILES string of the molecule is COc1ccc(CC(=O)C(C)(C)C)cc1. The van der Waals surface area contributed by atoms with E-state index in [2.05, 4.69) is 0 Å². The molecule has 2 heteroatoms. The van der Waals surface area contributed by atoms with Crippen molar-refractivity contribution in [3.63, 3.8) is 0 Å². The molecule has 0 unspecified atom stereocenters. The minimum atomic E-state index is -0.264. The first kappa shape index (κ1) is 11.8. The van der Waals surface area contributed by atoms with Gasteiger partial charge in [0.2, 0.25) is 0 Å². The molecule has 0 radical (unpaired) electrons. The molecule has 1 aromatic carbocycles. The highest BCUT2D eigenvalue weighted by molar-refractivity contribution is 5.85. The fourth-order valence-electron chi connectivity index (χ4n) is 1.19. The number of carbonyl (C=O) groups excluding carboxylic acids is 1. The fraction of sp³-hybridized carbons (Fsp3) is 0.462. The Bertz CT molecular complexity index is 331. The highest BCUT2D eigenvalue weighted by Gasteiger charge is 2.20. The Morgan fingerprint density at radius 3 is 2.13 bits per heavy atom. The number of methoxy groups -OCH3 is 1. The van der Waals surface area contributed by atoms with Crippen molar-refractivity contribution in [2.75, 3.05) is 7.11 Å². The van der Waals surface area contributed by atoms with Crippen LogP contribution in [0, 0.1) is 5.41 Å². The molecule has 0 aliphatic carbocycles. The average Bonchev–Trinajstić information content (AvgIpc) is 2.17. The highest BCUT2D eigenvalue weighted by Crippen LogP contribution is 2.19. The summed E-state index contributed by atoms with van der Waals surface area (Å²) in [6.07, 6.45) is 0.494. The molecular formula is C13H18O2. The highest BCUT2D eigenvalue weighted by atomic mass is 16.5. The van der Waals surface area contributed by atoms with Gasteiger partial charge in [0.25, 0.3) is 0 Å². The van der Waals surface area contributed by atoms with Gasteiger partial charge in [-0.05, 0) is 17.7 Å². The molecule has 0 heterocycles. The van der Waals surface area contributed by atoms with Gasteiger partial charge in [-0.2, -0.15) is 0 Å². The standard InChI is InChI=1S/C13H18O2/c1-13(2,3)12(14)9-10-5-7-11(15-4)8-6-10/h5-8H,9H2,1-4H3. The summed E-state index contributed by atoms with van der Waals surface area (Å²) >= 11 is 0. The monoisotopic (exact) mass is 206 g/mol. The zero-order chi connectivity index (χ0) is 11.5. The maximum atomic E-state index is 11.8. The van der Waals surface area contributed by atoms with Crippen LogP contribution in [-0.2, 0) is 11.2 Å². The number of Topliss-reactive ketones (excluding diaryl/α,β-unsaturated/α-hetero) is 1. The van der Waals surface area contributed by atoms with Gasteiger partial charge in [0, 0.05) is 11.8 Å².